The van der Waals surface area contributed by atoms with Crippen molar-refractivity contribution in [3.63, 3.8) is 0 Å². The first-order valence-electron chi connectivity index (χ1n) is 7.62. The summed E-state index contributed by atoms with van der Waals surface area (Å²) >= 11 is 5.87. The zero-order chi connectivity index (χ0) is 17.7. The Balaban J connectivity index is 2.35. The Morgan fingerprint density at radius 2 is 1.75 bits per heavy atom. The summed E-state index contributed by atoms with van der Waals surface area (Å²) in [6.45, 7) is 5.52. The van der Waals surface area contributed by atoms with Crippen molar-refractivity contribution >= 4 is 23.4 Å². The molecule has 0 saturated heterocycles. The van der Waals surface area contributed by atoms with Crippen molar-refractivity contribution in [1.82, 2.24) is 0 Å². The molecule has 0 N–H and O–H groups in total. The van der Waals surface area contributed by atoms with Crippen molar-refractivity contribution in [1.29, 1.82) is 0 Å². The monoisotopic (exact) mass is 346 g/mol. The lowest BCUT2D eigenvalue weighted by Crippen LogP contribution is -2.17. The molecule has 0 aliphatic heterocycles. The molecule has 5 heteroatoms. The molecular weight excluding hydrogens is 328 g/mol. The molecule has 2 aromatic rings. The van der Waals surface area contributed by atoms with E-state index in [1.165, 1.54) is 0 Å². The molecule has 0 atom stereocenters. The molecular formula is C19H19ClO4. The Labute approximate surface area is 146 Å². The topological polar surface area (TPSA) is 52.6 Å². The van der Waals surface area contributed by atoms with E-state index in [1.54, 1.807) is 37.3 Å². The van der Waals surface area contributed by atoms with Crippen LogP contribution >= 0.6 is 11.6 Å². The Bertz CT molecular complexity index is 751. The highest BCUT2D eigenvalue weighted by Gasteiger charge is 2.18. The number of carbonyl (C=O) groups is 2. The number of aryl methyl sites for hydroxylation is 2. The van der Waals surface area contributed by atoms with Gasteiger partial charge in [0.15, 0.2) is 12.4 Å². The molecule has 4 nitrogen and oxygen atoms in total. The largest absolute Gasteiger partial charge is 0.481 e. The van der Waals surface area contributed by atoms with Gasteiger partial charge in [-0.25, -0.2) is 4.79 Å². The van der Waals surface area contributed by atoms with Crippen LogP contribution in [-0.2, 0) is 9.53 Å². The third-order valence-electron chi connectivity index (χ3n) is 3.41. The van der Waals surface area contributed by atoms with Crippen LogP contribution < -0.4 is 4.74 Å². The minimum absolute atomic E-state index is 0.183. The van der Waals surface area contributed by atoms with Gasteiger partial charge < -0.3 is 9.47 Å². The number of ether oxygens (including phenoxy) is 2. The van der Waals surface area contributed by atoms with Gasteiger partial charge in [-0.1, -0.05) is 17.7 Å². The van der Waals surface area contributed by atoms with Crippen LogP contribution in [0.25, 0.3) is 0 Å². The van der Waals surface area contributed by atoms with Gasteiger partial charge in [-0.3, -0.25) is 4.79 Å². The molecule has 24 heavy (non-hydrogen) atoms. The van der Waals surface area contributed by atoms with E-state index in [0.717, 1.165) is 11.1 Å². The molecule has 0 radical (unpaired) electrons. The third-order valence-corrected chi connectivity index (χ3v) is 3.66. The predicted molar refractivity (Wildman–Crippen MR) is 92.9 cm³/mol. The molecule has 0 aliphatic rings. The molecule has 0 spiro atoms. The number of benzene rings is 2. The first kappa shape index (κ1) is 18.0. The third kappa shape index (κ3) is 4.36. The van der Waals surface area contributed by atoms with Gasteiger partial charge in [0.2, 0.25) is 0 Å². The van der Waals surface area contributed by atoms with E-state index in [4.69, 9.17) is 21.1 Å². The fourth-order valence-electron chi connectivity index (χ4n) is 2.41. The Kier molecular flexibility index (Phi) is 5.99. The highest BCUT2D eigenvalue weighted by atomic mass is 35.5. The minimum atomic E-state index is -0.470. The van der Waals surface area contributed by atoms with E-state index in [-0.39, 0.29) is 19.0 Å². The van der Waals surface area contributed by atoms with Crippen molar-refractivity contribution in [2.45, 2.75) is 20.8 Å². The lowest BCUT2D eigenvalue weighted by Gasteiger charge is -2.14. The number of esters is 1. The van der Waals surface area contributed by atoms with Crippen molar-refractivity contribution in [2.75, 3.05) is 13.2 Å². The summed E-state index contributed by atoms with van der Waals surface area (Å²) in [4.78, 5) is 24.4. The van der Waals surface area contributed by atoms with E-state index in [1.807, 2.05) is 19.9 Å². The van der Waals surface area contributed by atoms with Crippen LogP contribution in [0.15, 0.2) is 36.4 Å². The van der Waals surface area contributed by atoms with E-state index >= 15 is 0 Å². The van der Waals surface area contributed by atoms with Gasteiger partial charge in [-0.2, -0.15) is 0 Å². The van der Waals surface area contributed by atoms with Crippen molar-refractivity contribution in [3.05, 3.63) is 63.7 Å². The highest BCUT2D eigenvalue weighted by molar-refractivity contribution is 6.30. The van der Waals surface area contributed by atoms with Crippen LogP contribution in [0.2, 0.25) is 5.02 Å². The lowest BCUT2D eigenvalue weighted by atomic mass is 9.98. The molecule has 2 rings (SSSR count). The molecule has 0 aliphatic carbocycles. The second-order valence-electron chi connectivity index (χ2n) is 5.39. The summed E-state index contributed by atoms with van der Waals surface area (Å²) < 4.78 is 10.4. The Morgan fingerprint density at radius 3 is 2.38 bits per heavy atom. The maximum Gasteiger partial charge on any atom is 0.344 e. The fraction of sp³-hybridized carbons (Fsp3) is 0.263. The molecule has 2 aromatic carbocycles. The van der Waals surface area contributed by atoms with Gasteiger partial charge >= 0.3 is 5.97 Å². The number of hydrogen-bond donors (Lipinski definition) is 0. The zero-order valence-corrected chi connectivity index (χ0v) is 14.6. The molecule has 0 unspecified atom stereocenters. The van der Waals surface area contributed by atoms with Gasteiger partial charge in [-0.15, -0.1) is 0 Å². The minimum Gasteiger partial charge on any atom is -0.481 e. The molecule has 0 aromatic heterocycles. The lowest BCUT2D eigenvalue weighted by molar-refractivity contribution is -0.145. The maximum atomic E-state index is 12.8. The van der Waals surface area contributed by atoms with Gasteiger partial charge in [-0.05, 0) is 62.2 Å². The summed E-state index contributed by atoms with van der Waals surface area (Å²) in [5.41, 5.74) is 2.65. The van der Waals surface area contributed by atoms with E-state index in [2.05, 4.69) is 0 Å². The number of rotatable bonds is 6. The van der Waals surface area contributed by atoms with Gasteiger partial charge in [0.25, 0.3) is 0 Å². The molecule has 0 heterocycles. The fourth-order valence-corrected chi connectivity index (χ4v) is 2.53. The number of halogens is 1. The number of ketones is 1. The van der Waals surface area contributed by atoms with Crippen LogP contribution in [0.5, 0.6) is 5.75 Å². The predicted octanol–water partition coefficient (Wildman–Crippen LogP) is 4.13. The highest BCUT2D eigenvalue weighted by Crippen LogP contribution is 2.28. The Morgan fingerprint density at radius 1 is 1.08 bits per heavy atom. The van der Waals surface area contributed by atoms with Gasteiger partial charge in [0.05, 0.1) is 12.2 Å². The van der Waals surface area contributed by atoms with Crippen LogP contribution in [0.1, 0.15) is 34.0 Å². The molecule has 0 fully saturated rings. The van der Waals surface area contributed by atoms with Crippen LogP contribution in [0.3, 0.4) is 0 Å². The van der Waals surface area contributed by atoms with Gasteiger partial charge in [0, 0.05) is 10.6 Å². The first-order valence-corrected chi connectivity index (χ1v) is 8.00. The Hall–Kier alpha value is -2.33. The summed E-state index contributed by atoms with van der Waals surface area (Å²) in [6, 6.07) is 10.3. The summed E-state index contributed by atoms with van der Waals surface area (Å²) in [7, 11) is 0. The van der Waals surface area contributed by atoms with Crippen molar-refractivity contribution in [2.24, 2.45) is 0 Å². The maximum absolute atomic E-state index is 12.8. The van der Waals surface area contributed by atoms with Gasteiger partial charge in [0.1, 0.15) is 5.75 Å². The van der Waals surface area contributed by atoms with E-state index < -0.39 is 5.97 Å². The standard InChI is InChI=1S/C19H19ClO4/c1-4-23-17(21)11-24-19-13(3)9-12(2)10-16(19)18(22)14-5-7-15(20)8-6-14/h5-10H,4,11H2,1-3H3. The van der Waals surface area contributed by atoms with E-state index in [9.17, 15) is 9.59 Å². The first-order chi connectivity index (χ1) is 11.4. The normalized spacial score (nSPS) is 10.3. The van der Waals surface area contributed by atoms with Crippen molar-refractivity contribution < 1.29 is 19.1 Å². The summed E-state index contributed by atoms with van der Waals surface area (Å²) in [5, 5.41) is 0.561. The quantitative estimate of drug-likeness (QED) is 0.583. The van der Waals surface area contributed by atoms with E-state index in [0.29, 0.717) is 21.9 Å². The molecule has 126 valence electrons. The second kappa shape index (κ2) is 7.97. The number of carbonyl (C=O) groups excluding carboxylic acids is 2. The van der Waals surface area contributed by atoms with Crippen molar-refractivity contribution in [3.8, 4) is 5.75 Å². The zero-order valence-electron chi connectivity index (χ0n) is 13.9. The second-order valence-corrected chi connectivity index (χ2v) is 5.82. The molecule has 0 amide bonds. The summed E-state index contributed by atoms with van der Waals surface area (Å²) in [6.07, 6.45) is 0. The SMILES string of the molecule is CCOC(=O)COc1c(C)cc(C)cc1C(=O)c1ccc(Cl)cc1. The molecule has 0 bridgehead atoms. The van der Waals surface area contributed by atoms with Crippen LogP contribution in [-0.4, -0.2) is 25.0 Å². The average Bonchev–Trinajstić information content (AvgIpc) is 2.53. The summed E-state index contributed by atoms with van der Waals surface area (Å²) in [5.74, 6) is -0.256. The van der Waals surface area contributed by atoms with Crippen LogP contribution in [0, 0.1) is 13.8 Å². The molecule has 0 saturated carbocycles. The van der Waals surface area contributed by atoms with Crippen LogP contribution in [0.4, 0.5) is 0 Å². The average molecular weight is 347 g/mol. The number of hydrogen-bond acceptors (Lipinski definition) is 4. The smallest absolute Gasteiger partial charge is 0.344 e.